The van der Waals surface area contributed by atoms with E-state index in [1.54, 1.807) is 47.4 Å². The molecule has 3 fully saturated rings. The number of nitrogens with zero attached hydrogens (tertiary/aromatic N) is 6. The van der Waals surface area contributed by atoms with E-state index in [1.807, 2.05) is 14.0 Å². The van der Waals surface area contributed by atoms with Gasteiger partial charge < -0.3 is 9.84 Å². The zero-order valence-corrected chi connectivity index (χ0v) is 17.7. The Kier molecular flexibility index (Phi) is 4.47. The number of ether oxygens (including phenoxy) is 1. The second kappa shape index (κ2) is 6.98. The molecule has 31 heavy (non-hydrogen) atoms. The quantitative estimate of drug-likeness (QED) is 0.689. The minimum Gasteiger partial charge on any atom is -0.507 e. The van der Waals surface area contributed by atoms with Crippen LogP contribution in [0, 0.1) is 5.41 Å². The van der Waals surface area contributed by atoms with E-state index in [0.29, 0.717) is 16.9 Å². The van der Waals surface area contributed by atoms with E-state index in [9.17, 15) is 5.11 Å². The summed E-state index contributed by atoms with van der Waals surface area (Å²) in [6, 6.07) is 8.53. The van der Waals surface area contributed by atoms with Gasteiger partial charge in [0.25, 0.3) is 0 Å². The zero-order chi connectivity index (χ0) is 21.8. The first kappa shape index (κ1) is 19.9. The Hall–Kier alpha value is -3.07. The van der Waals surface area contributed by atoms with Crippen molar-refractivity contribution in [3.8, 4) is 28.6 Å². The number of aromatic hydroxyl groups is 1. The van der Waals surface area contributed by atoms with Crippen LogP contribution in [0.25, 0.3) is 16.9 Å². The molecule has 1 saturated carbocycles. The van der Waals surface area contributed by atoms with Gasteiger partial charge in [0.2, 0.25) is 5.88 Å². The molecule has 3 unspecified atom stereocenters. The van der Waals surface area contributed by atoms with Crippen LogP contribution in [0.4, 0.5) is 4.39 Å². The van der Waals surface area contributed by atoms with Crippen molar-refractivity contribution in [3.63, 3.8) is 0 Å². The molecule has 8 nitrogen and oxygen atoms in total. The minimum absolute atomic E-state index is 0.0489. The van der Waals surface area contributed by atoms with Crippen LogP contribution in [0.15, 0.2) is 42.7 Å². The fourth-order valence-corrected chi connectivity index (χ4v) is 4.87. The number of phenols is 1. The third-order valence-corrected chi connectivity index (χ3v) is 7.05. The van der Waals surface area contributed by atoms with Gasteiger partial charge in [0.1, 0.15) is 11.9 Å². The lowest BCUT2D eigenvalue weighted by Crippen LogP contribution is -2.72. The molecule has 3 aliphatic rings. The number of benzene rings is 1. The predicted octanol–water partition coefficient (Wildman–Crippen LogP) is 3.02. The zero-order valence-electron chi connectivity index (χ0n) is 17.7. The normalized spacial score (nSPS) is 30.5. The molecule has 1 aliphatic carbocycles. The fraction of sp³-hybridized carbons (Fsp3) is 0.455. The third kappa shape index (κ3) is 3.15. The SMILES string of the molecule is CN1CC2(C)CC[C@]1(C)C(F)C2Oc1ccc(-c2ccc(-n3ccnn3)cc2O)nn1. The molecule has 2 aliphatic heterocycles. The lowest BCUT2D eigenvalue weighted by Gasteiger charge is -2.61. The van der Waals surface area contributed by atoms with E-state index >= 15 is 4.39 Å². The number of piperidine rings is 2. The lowest BCUT2D eigenvalue weighted by atomic mass is 9.60. The Balaban J connectivity index is 1.36. The van der Waals surface area contributed by atoms with Crippen LogP contribution in [0.2, 0.25) is 0 Å². The molecular weight excluding hydrogens is 399 g/mol. The van der Waals surface area contributed by atoms with Crippen LogP contribution in [0.1, 0.15) is 26.7 Å². The van der Waals surface area contributed by atoms with Gasteiger partial charge in [0, 0.05) is 29.7 Å². The van der Waals surface area contributed by atoms with Gasteiger partial charge in [0.05, 0.1) is 29.3 Å². The summed E-state index contributed by atoms with van der Waals surface area (Å²) in [4.78, 5) is 2.11. The Bertz CT molecular complexity index is 1090. The number of hydrogen-bond acceptors (Lipinski definition) is 7. The molecule has 1 aromatic carbocycles. The van der Waals surface area contributed by atoms with Crippen molar-refractivity contribution < 1.29 is 14.2 Å². The highest BCUT2D eigenvalue weighted by Gasteiger charge is 2.61. The number of alkyl halides is 1. The average molecular weight is 424 g/mol. The number of fused-ring (bicyclic) bond motifs is 3. The second-order valence-electron chi connectivity index (χ2n) is 9.11. The van der Waals surface area contributed by atoms with Crippen molar-refractivity contribution in [1.29, 1.82) is 0 Å². The van der Waals surface area contributed by atoms with Crippen LogP contribution in [0.5, 0.6) is 11.6 Å². The highest BCUT2D eigenvalue weighted by atomic mass is 19.1. The number of hydrogen-bond donors (Lipinski definition) is 1. The average Bonchev–Trinajstić information content (AvgIpc) is 3.29. The Morgan fingerprint density at radius 3 is 2.65 bits per heavy atom. The van der Waals surface area contributed by atoms with Crippen LogP contribution in [0.3, 0.4) is 0 Å². The van der Waals surface area contributed by atoms with E-state index in [-0.39, 0.29) is 17.0 Å². The van der Waals surface area contributed by atoms with Crippen molar-refractivity contribution in [2.75, 3.05) is 13.6 Å². The maximum atomic E-state index is 15.4. The summed E-state index contributed by atoms with van der Waals surface area (Å²) in [7, 11) is 1.98. The van der Waals surface area contributed by atoms with Gasteiger partial charge in [-0.05, 0) is 45.0 Å². The van der Waals surface area contributed by atoms with Crippen molar-refractivity contribution in [3.05, 3.63) is 42.7 Å². The van der Waals surface area contributed by atoms with Gasteiger partial charge in [-0.3, -0.25) is 4.90 Å². The first-order valence-corrected chi connectivity index (χ1v) is 10.4. The topological polar surface area (TPSA) is 89.2 Å². The standard InChI is InChI=1S/C22H25FN6O2/c1-21-8-9-22(2,28(3)13-21)19(23)20(21)31-18-7-6-16(25-26-18)15-5-4-14(12-17(15)30)29-11-10-24-27-29/h4-7,10-12,19-20,30H,8-9,13H2,1-3H3/t19?,20?,21?,22-/m1/s1. The summed E-state index contributed by atoms with van der Waals surface area (Å²) in [6.07, 6.45) is 3.30. The number of halogens is 1. The molecule has 0 amide bonds. The molecule has 3 aromatic rings. The Morgan fingerprint density at radius 1 is 1.16 bits per heavy atom. The summed E-state index contributed by atoms with van der Waals surface area (Å²) in [6.45, 7) is 4.83. The van der Waals surface area contributed by atoms with Gasteiger partial charge in [-0.1, -0.05) is 12.1 Å². The monoisotopic (exact) mass is 424 g/mol. The molecular formula is C22H25FN6O2. The second-order valence-corrected chi connectivity index (χ2v) is 9.11. The van der Waals surface area contributed by atoms with E-state index in [4.69, 9.17) is 4.74 Å². The van der Waals surface area contributed by atoms with E-state index in [1.165, 1.54) is 0 Å². The molecule has 2 aromatic heterocycles. The Labute approximate surface area is 179 Å². The molecule has 6 rings (SSSR count). The van der Waals surface area contributed by atoms with Crippen molar-refractivity contribution >= 4 is 0 Å². The van der Waals surface area contributed by atoms with E-state index in [0.717, 1.165) is 19.4 Å². The van der Waals surface area contributed by atoms with Crippen LogP contribution < -0.4 is 4.74 Å². The summed E-state index contributed by atoms with van der Waals surface area (Å²) in [5.41, 5.74) is 0.911. The van der Waals surface area contributed by atoms with Crippen molar-refractivity contribution in [2.24, 2.45) is 5.41 Å². The van der Waals surface area contributed by atoms with E-state index in [2.05, 4.69) is 32.3 Å². The molecule has 2 saturated heterocycles. The summed E-state index contributed by atoms with van der Waals surface area (Å²) >= 11 is 0. The third-order valence-electron chi connectivity index (χ3n) is 7.05. The molecule has 9 heteroatoms. The molecule has 162 valence electrons. The molecule has 4 atom stereocenters. The van der Waals surface area contributed by atoms with Gasteiger partial charge in [-0.15, -0.1) is 15.3 Å². The molecule has 1 N–H and O–H groups in total. The summed E-state index contributed by atoms with van der Waals surface area (Å²) < 4.78 is 23.0. The number of rotatable bonds is 4. The summed E-state index contributed by atoms with van der Waals surface area (Å²) in [5.74, 6) is 0.336. The van der Waals surface area contributed by atoms with Gasteiger partial charge in [-0.2, -0.15) is 0 Å². The number of phenolic OH excluding ortho intramolecular Hbond substituents is 1. The molecule has 2 bridgehead atoms. The summed E-state index contributed by atoms with van der Waals surface area (Å²) in [5, 5.41) is 26.5. The first-order valence-electron chi connectivity index (χ1n) is 10.4. The fourth-order valence-electron chi connectivity index (χ4n) is 4.87. The van der Waals surface area contributed by atoms with Gasteiger partial charge in [-0.25, -0.2) is 9.07 Å². The van der Waals surface area contributed by atoms with Crippen LogP contribution in [-0.2, 0) is 0 Å². The molecule has 4 heterocycles. The maximum Gasteiger partial charge on any atom is 0.233 e. The van der Waals surface area contributed by atoms with Gasteiger partial charge in [0.15, 0.2) is 6.17 Å². The lowest BCUT2D eigenvalue weighted by molar-refractivity contribution is -0.177. The van der Waals surface area contributed by atoms with Crippen LogP contribution >= 0.6 is 0 Å². The number of aromatic nitrogens is 5. The van der Waals surface area contributed by atoms with Gasteiger partial charge >= 0.3 is 0 Å². The largest absolute Gasteiger partial charge is 0.507 e. The molecule has 0 radical (unpaired) electrons. The smallest absolute Gasteiger partial charge is 0.233 e. The predicted molar refractivity (Wildman–Crippen MR) is 112 cm³/mol. The highest BCUT2D eigenvalue weighted by molar-refractivity contribution is 5.68. The maximum absolute atomic E-state index is 15.4. The molecule has 0 spiro atoms. The first-order chi connectivity index (χ1) is 14.8. The van der Waals surface area contributed by atoms with Crippen LogP contribution in [-0.4, -0.2) is 66.6 Å². The highest BCUT2D eigenvalue weighted by Crippen LogP contribution is 2.51. The minimum atomic E-state index is -1.11. The van der Waals surface area contributed by atoms with E-state index < -0.39 is 17.8 Å². The Morgan fingerprint density at radius 2 is 2.00 bits per heavy atom. The van der Waals surface area contributed by atoms with Crippen molar-refractivity contribution in [2.45, 2.75) is 44.5 Å². The van der Waals surface area contributed by atoms with Crippen molar-refractivity contribution in [1.82, 2.24) is 30.1 Å².